The third-order valence-corrected chi connectivity index (χ3v) is 6.38. The van der Waals surface area contributed by atoms with E-state index in [-0.39, 0.29) is 5.91 Å². The quantitative estimate of drug-likeness (QED) is 0.470. The van der Waals surface area contributed by atoms with Crippen LogP contribution in [0.1, 0.15) is 9.67 Å². The van der Waals surface area contributed by atoms with Crippen molar-refractivity contribution in [3.63, 3.8) is 0 Å². The average molecular weight is 410 g/mol. The van der Waals surface area contributed by atoms with Crippen LogP contribution in [0.25, 0.3) is 21.0 Å². The second-order valence-electron chi connectivity index (χ2n) is 6.60. The summed E-state index contributed by atoms with van der Waals surface area (Å²) in [7, 11) is 0. The molecule has 1 saturated heterocycles. The van der Waals surface area contributed by atoms with E-state index in [0.717, 1.165) is 21.0 Å². The van der Waals surface area contributed by atoms with Crippen LogP contribution in [0, 0.1) is 0 Å². The van der Waals surface area contributed by atoms with Crippen LogP contribution in [-0.2, 0) is 0 Å². The van der Waals surface area contributed by atoms with Crippen molar-refractivity contribution in [3.8, 4) is 0 Å². The van der Waals surface area contributed by atoms with Crippen molar-refractivity contribution < 1.29 is 4.79 Å². The van der Waals surface area contributed by atoms with Gasteiger partial charge >= 0.3 is 0 Å². The molecule has 0 N–H and O–H groups in total. The smallest absolute Gasteiger partial charge is 0.264 e. The Morgan fingerprint density at radius 3 is 2.54 bits per heavy atom. The van der Waals surface area contributed by atoms with Gasteiger partial charge in [-0.2, -0.15) is 0 Å². The minimum atomic E-state index is 0.0370. The van der Waals surface area contributed by atoms with Gasteiger partial charge in [-0.25, -0.2) is 15.0 Å². The number of piperazine rings is 1. The molecule has 0 radical (unpaired) electrons. The summed E-state index contributed by atoms with van der Waals surface area (Å²) in [4.78, 5) is 30.8. The number of pyridine rings is 1. The van der Waals surface area contributed by atoms with Crippen molar-refractivity contribution in [1.82, 2.24) is 19.9 Å². The van der Waals surface area contributed by atoms with Gasteiger partial charge in [0, 0.05) is 54.0 Å². The summed E-state index contributed by atoms with van der Waals surface area (Å²) in [6.45, 7) is 2.70. The standard InChI is InChI=1S/C20H16ClN5OS/c21-18-14-12-16(28-17(14)13-4-1-2-5-15(13)24-18)19(27)25-8-10-26(11-9-25)20-22-6-3-7-23-20/h1-7,12H,8-11H2. The number of carbonyl (C=O) groups excluding carboxylic acids is 1. The summed E-state index contributed by atoms with van der Waals surface area (Å²) in [6, 6.07) is 11.5. The Morgan fingerprint density at radius 2 is 1.75 bits per heavy atom. The molecule has 0 spiro atoms. The largest absolute Gasteiger partial charge is 0.337 e. The number of fused-ring (bicyclic) bond motifs is 3. The molecule has 1 fully saturated rings. The highest BCUT2D eigenvalue weighted by Gasteiger charge is 2.25. The number of benzene rings is 1. The zero-order chi connectivity index (χ0) is 19.1. The molecule has 4 aromatic rings. The number of amides is 1. The van der Waals surface area contributed by atoms with Crippen LogP contribution in [0.5, 0.6) is 0 Å². The van der Waals surface area contributed by atoms with E-state index in [9.17, 15) is 4.79 Å². The molecular weight excluding hydrogens is 394 g/mol. The molecular formula is C20H16ClN5OS. The number of nitrogens with zero attached hydrogens (tertiary/aromatic N) is 5. The molecule has 0 unspecified atom stereocenters. The van der Waals surface area contributed by atoms with Gasteiger partial charge in [-0.1, -0.05) is 29.8 Å². The predicted molar refractivity (Wildman–Crippen MR) is 112 cm³/mol. The van der Waals surface area contributed by atoms with Crippen LogP contribution in [0.3, 0.4) is 0 Å². The van der Waals surface area contributed by atoms with E-state index in [0.29, 0.717) is 42.2 Å². The molecule has 0 saturated carbocycles. The molecule has 6 nitrogen and oxygen atoms in total. The SMILES string of the molecule is O=C(c1cc2c(Cl)nc3ccccc3c2s1)N1CCN(c2ncccn2)CC1. The molecule has 0 atom stereocenters. The molecule has 5 rings (SSSR count). The van der Waals surface area contributed by atoms with Crippen molar-refractivity contribution >= 4 is 55.8 Å². The number of anilines is 1. The Bertz CT molecular complexity index is 1170. The van der Waals surface area contributed by atoms with Gasteiger partial charge in [0.25, 0.3) is 5.91 Å². The fraction of sp³-hybridized carbons (Fsp3) is 0.200. The van der Waals surface area contributed by atoms with Crippen LogP contribution in [-0.4, -0.2) is 51.9 Å². The minimum absolute atomic E-state index is 0.0370. The first-order valence-corrected chi connectivity index (χ1v) is 10.2. The molecule has 1 aliphatic heterocycles. The van der Waals surface area contributed by atoms with Gasteiger partial charge in [0.15, 0.2) is 0 Å². The molecule has 28 heavy (non-hydrogen) atoms. The van der Waals surface area contributed by atoms with Crippen molar-refractivity contribution in [1.29, 1.82) is 0 Å². The van der Waals surface area contributed by atoms with Gasteiger partial charge in [0.05, 0.1) is 10.4 Å². The van der Waals surface area contributed by atoms with E-state index in [1.165, 1.54) is 11.3 Å². The highest BCUT2D eigenvalue weighted by atomic mass is 35.5. The highest BCUT2D eigenvalue weighted by molar-refractivity contribution is 7.21. The molecule has 8 heteroatoms. The fourth-order valence-electron chi connectivity index (χ4n) is 3.50. The van der Waals surface area contributed by atoms with E-state index in [2.05, 4.69) is 19.9 Å². The summed E-state index contributed by atoms with van der Waals surface area (Å²) in [5.41, 5.74) is 0.845. The summed E-state index contributed by atoms with van der Waals surface area (Å²) in [6.07, 6.45) is 3.47. The zero-order valence-corrected chi connectivity index (χ0v) is 16.5. The van der Waals surface area contributed by atoms with Crippen LogP contribution in [0.15, 0.2) is 48.8 Å². The molecule has 1 aliphatic rings. The van der Waals surface area contributed by atoms with Gasteiger partial charge in [0.2, 0.25) is 5.95 Å². The highest BCUT2D eigenvalue weighted by Crippen LogP contribution is 2.36. The first kappa shape index (κ1) is 17.3. The lowest BCUT2D eigenvalue weighted by Gasteiger charge is -2.34. The maximum Gasteiger partial charge on any atom is 0.264 e. The van der Waals surface area contributed by atoms with Gasteiger partial charge in [-0.3, -0.25) is 4.79 Å². The number of para-hydroxylation sites is 1. The Labute approximate surface area is 170 Å². The topological polar surface area (TPSA) is 62.2 Å². The van der Waals surface area contributed by atoms with E-state index in [1.54, 1.807) is 18.5 Å². The Morgan fingerprint density at radius 1 is 1.00 bits per heavy atom. The molecule has 0 bridgehead atoms. The second-order valence-corrected chi connectivity index (χ2v) is 8.01. The maximum absolute atomic E-state index is 13.1. The van der Waals surface area contributed by atoms with Gasteiger partial charge < -0.3 is 9.80 Å². The lowest BCUT2D eigenvalue weighted by molar-refractivity contribution is 0.0751. The first-order chi connectivity index (χ1) is 13.7. The van der Waals surface area contributed by atoms with E-state index < -0.39 is 0 Å². The van der Waals surface area contributed by atoms with Crippen LogP contribution < -0.4 is 4.90 Å². The van der Waals surface area contributed by atoms with E-state index in [4.69, 9.17) is 11.6 Å². The minimum Gasteiger partial charge on any atom is -0.337 e. The number of rotatable bonds is 2. The summed E-state index contributed by atoms with van der Waals surface area (Å²) in [5, 5.41) is 2.30. The van der Waals surface area contributed by atoms with Crippen molar-refractivity contribution in [3.05, 3.63) is 58.8 Å². The summed E-state index contributed by atoms with van der Waals surface area (Å²) >= 11 is 7.86. The molecule has 1 amide bonds. The summed E-state index contributed by atoms with van der Waals surface area (Å²) in [5.74, 6) is 0.746. The first-order valence-electron chi connectivity index (χ1n) is 9.00. The van der Waals surface area contributed by atoms with Crippen LogP contribution in [0.2, 0.25) is 5.15 Å². The number of carbonyl (C=O) groups is 1. The molecule has 1 aromatic carbocycles. The lowest BCUT2D eigenvalue weighted by Crippen LogP contribution is -2.49. The maximum atomic E-state index is 13.1. The van der Waals surface area contributed by atoms with Gasteiger partial charge in [0.1, 0.15) is 5.15 Å². The normalized spacial score (nSPS) is 14.8. The van der Waals surface area contributed by atoms with Gasteiger partial charge in [-0.15, -0.1) is 11.3 Å². The van der Waals surface area contributed by atoms with E-state index >= 15 is 0 Å². The average Bonchev–Trinajstić information content (AvgIpc) is 3.21. The molecule has 0 aliphatic carbocycles. The third-order valence-electron chi connectivity index (χ3n) is 4.93. The van der Waals surface area contributed by atoms with Crippen LogP contribution in [0.4, 0.5) is 5.95 Å². The van der Waals surface area contributed by atoms with E-state index in [1.807, 2.05) is 35.2 Å². The third kappa shape index (κ3) is 2.96. The van der Waals surface area contributed by atoms with Crippen LogP contribution >= 0.6 is 22.9 Å². The number of thiophene rings is 1. The van der Waals surface area contributed by atoms with Gasteiger partial charge in [-0.05, 0) is 18.2 Å². The molecule has 3 aromatic heterocycles. The number of hydrogen-bond acceptors (Lipinski definition) is 6. The summed E-state index contributed by atoms with van der Waals surface area (Å²) < 4.78 is 1.01. The fourth-order valence-corrected chi connectivity index (χ4v) is 4.96. The molecule has 140 valence electrons. The zero-order valence-electron chi connectivity index (χ0n) is 14.9. The number of aromatic nitrogens is 3. The van der Waals surface area contributed by atoms with Crippen molar-refractivity contribution in [2.75, 3.05) is 31.1 Å². The van der Waals surface area contributed by atoms with Crippen molar-refractivity contribution in [2.24, 2.45) is 0 Å². The lowest BCUT2D eigenvalue weighted by atomic mass is 10.2. The molecule has 4 heterocycles. The number of hydrogen-bond donors (Lipinski definition) is 0. The van der Waals surface area contributed by atoms with Crippen molar-refractivity contribution in [2.45, 2.75) is 0 Å². The predicted octanol–water partition coefficient (Wildman–Crippen LogP) is 3.86. The monoisotopic (exact) mass is 409 g/mol. The Kier molecular flexibility index (Phi) is 4.33. The Hall–Kier alpha value is -2.77. The number of halogens is 1. The second kappa shape index (κ2) is 7.00. The Balaban J connectivity index is 1.41.